The van der Waals surface area contributed by atoms with Gasteiger partial charge in [0.1, 0.15) is 5.52 Å². The van der Waals surface area contributed by atoms with E-state index >= 15 is 0 Å². The van der Waals surface area contributed by atoms with Crippen LogP contribution < -0.4 is 5.32 Å². The third-order valence-electron chi connectivity index (χ3n) is 4.07. The van der Waals surface area contributed by atoms with Crippen LogP contribution in [0.2, 0.25) is 0 Å². The quantitative estimate of drug-likeness (QED) is 0.441. The van der Waals surface area contributed by atoms with Crippen molar-refractivity contribution in [3.8, 4) is 11.5 Å². The molecule has 26 heavy (non-hydrogen) atoms. The van der Waals surface area contributed by atoms with Crippen molar-refractivity contribution in [2.24, 2.45) is 0 Å². The molecule has 0 saturated heterocycles. The van der Waals surface area contributed by atoms with Crippen LogP contribution in [-0.4, -0.2) is 10.9 Å². The molecule has 3 aromatic carbocycles. The smallest absolute Gasteiger partial charge is 0.252 e. The first-order valence-electron chi connectivity index (χ1n) is 8.18. The summed E-state index contributed by atoms with van der Waals surface area (Å²) in [7, 11) is 0. The fourth-order valence-corrected chi connectivity index (χ4v) is 3.32. The van der Waals surface area contributed by atoms with E-state index in [0.717, 1.165) is 25.8 Å². The Morgan fingerprint density at radius 2 is 1.69 bits per heavy atom. The van der Waals surface area contributed by atoms with E-state index in [1.165, 1.54) is 0 Å². The summed E-state index contributed by atoms with van der Waals surface area (Å²) >= 11 is 2.17. The van der Waals surface area contributed by atoms with Crippen LogP contribution in [0.25, 0.3) is 22.6 Å². The van der Waals surface area contributed by atoms with Gasteiger partial charge in [-0.05, 0) is 64.6 Å². The van der Waals surface area contributed by atoms with Gasteiger partial charge in [-0.15, -0.1) is 0 Å². The first-order valence-corrected chi connectivity index (χ1v) is 9.26. The first kappa shape index (κ1) is 16.8. The van der Waals surface area contributed by atoms with Gasteiger partial charge in [-0.25, -0.2) is 4.98 Å². The minimum absolute atomic E-state index is 0.0713. The van der Waals surface area contributed by atoms with Gasteiger partial charge < -0.3 is 9.73 Å². The number of halogens is 1. The largest absolute Gasteiger partial charge is 0.436 e. The average molecular weight is 454 g/mol. The average Bonchev–Trinajstić information content (AvgIpc) is 3.11. The molecule has 4 nitrogen and oxygen atoms in total. The maximum absolute atomic E-state index is 12.3. The molecule has 1 N–H and O–H groups in total. The van der Waals surface area contributed by atoms with Crippen LogP contribution >= 0.6 is 22.6 Å². The normalized spacial score (nSPS) is 10.8. The van der Waals surface area contributed by atoms with Gasteiger partial charge in [0.2, 0.25) is 5.89 Å². The van der Waals surface area contributed by atoms with Crippen LogP contribution in [0.15, 0.2) is 77.2 Å². The number of oxazole rings is 1. The SMILES string of the molecule is O=C(NCc1ccc(-c2nc3ccccc3o2)cc1)c1ccccc1I. The highest BCUT2D eigenvalue weighted by Crippen LogP contribution is 2.24. The Kier molecular flexibility index (Phi) is 4.71. The lowest BCUT2D eigenvalue weighted by molar-refractivity contribution is 0.0950. The van der Waals surface area contributed by atoms with Crippen molar-refractivity contribution < 1.29 is 9.21 Å². The van der Waals surface area contributed by atoms with Crippen molar-refractivity contribution in [2.75, 3.05) is 0 Å². The zero-order chi connectivity index (χ0) is 17.9. The lowest BCUT2D eigenvalue weighted by atomic mass is 10.1. The Bertz CT molecular complexity index is 1040. The second-order valence-corrected chi connectivity index (χ2v) is 7.01. The Balaban J connectivity index is 1.46. The van der Waals surface area contributed by atoms with Crippen molar-refractivity contribution in [3.63, 3.8) is 0 Å². The third kappa shape index (κ3) is 3.48. The molecule has 0 aliphatic rings. The highest BCUT2D eigenvalue weighted by molar-refractivity contribution is 14.1. The summed E-state index contributed by atoms with van der Waals surface area (Å²) in [4.78, 5) is 16.8. The van der Waals surface area contributed by atoms with Gasteiger partial charge in [-0.1, -0.05) is 36.4 Å². The predicted octanol–water partition coefficient (Wildman–Crippen LogP) is 5.03. The monoisotopic (exact) mass is 454 g/mol. The standard InChI is InChI=1S/C21H15IN2O2/c22-17-6-2-1-5-16(17)20(25)23-13-14-9-11-15(12-10-14)21-24-18-7-3-4-8-19(18)26-21/h1-12H,13H2,(H,23,25). The molecule has 0 fully saturated rings. The number of para-hydroxylation sites is 2. The molecule has 128 valence electrons. The number of carbonyl (C=O) groups is 1. The van der Waals surface area contributed by atoms with Gasteiger partial charge in [0.05, 0.1) is 5.56 Å². The Morgan fingerprint density at radius 1 is 0.962 bits per heavy atom. The fourth-order valence-electron chi connectivity index (χ4n) is 2.68. The molecule has 4 aromatic rings. The molecule has 0 atom stereocenters. The summed E-state index contributed by atoms with van der Waals surface area (Å²) in [5, 5.41) is 2.95. The maximum Gasteiger partial charge on any atom is 0.252 e. The maximum atomic E-state index is 12.3. The van der Waals surface area contributed by atoms with E-state index < -0.39 is 0 Å². The van der Waals surface area contributed by atoms with Crippen LogP contribution in [0, 0.1) is 3.57 Å². The van der Waals surface area contributed by atoms with E-state index in [2.05, 4.69) is 32.9 Å². The molecule has 5 heteroatoms. The number of hydrogen-bond donors (Lipinski definition) is 1. The summed E-state index contributed by atoms with van der Waals surface area (Å²) in [6, 6.07) is 23.1. The van der Waals surface area contributed by atoms with Crippen molar-refractivity contribution in [1.82, 2.24) is 10.3 Å². The summed E-state index contributed by atoms with van der Waals surface area (Å²) < 4.78 is 6.72. The summed E-state index contributed by atoms with van der Waals surface area (Å²) in [5.74, 6) is 0.527. The first-order chi connectivity index (χ1) is 12.7. The lowest BCUT2D eigenvalue weighted by Crippen LogP contribution is -2.23. The highest BCUT2D eigenvalue weighted by atomic mass is 127. The van der Waals surface area contributed by atoms with Gasteiger partial charge in [-0.2, -0.15) is 0 Å². The number of carbonyl (C=O) groups excluding carboxylic acids is 1. The Morgan fingerprint density at radius 3 is 2.46 bits per heavy atom. The molecule has 0 radical (unpaired) electrons. The Hall–Kier alpha value is -2.67. The summed E-state index contributed by atoms with van der Waals surface area (Å²) in [5.41, 5.74) is 4.24. The van der Waals surface area contributed by atoms with Crippen molar-refractivity contribution >= 4 is 39.6 Å². The van der Waals surface area contributed by atoms with Crippen LogP contribution in [0.4, 0.5) is 0 Å². The molecule has 0 saturated carbocycles. The number of nitrogens with zero attached hydrogens (tertiary/aromatic N) is 1. The van der Waals surface area contributed by atoms with Crippen LogP contribution in [0.1, 0.15) is 15.9 Å². The molecule has 1 amide bonds. The number of rotatable bonds is 4. The van der Waals surface area contributed by atoms with Gasteiger partial charge in [0, 0.05) is 15.7 Å². The number of nitrogens with one attached hydrogen (secondary N) is 1. The van der Waals surface area contributed by atoms with Crippen molar-refractivity contribution in [3.05, 3.63) is 87.5 Å². The molecular weight excluding hydrogens is 439 g/mol. The minimum Gasteiger partial charge on any atom is -0.436 e. The van der Waals surface area contributed by atoms with Crippen LogP contribution in [-0.2, 0) is 6.54 Å². The fraction of sp³-hybridized carbons (Fsp3) is 0.0476. The van der Waals surface area contributed by atoms with E-state index in [-0.39, 0.29) is 5.91 Å². The van der Waals surface area contributed by atoms with E-state index in [1.807, 2.05) is 72.8 Å². The summed E-state index contributed by atoms with van der Waals surface area (Å²) in [6.45, 7) is 0.470. The van der Waals surface area contributed by atoms with E-state index in [4.69, 9.17) is 4.42 Å². The molecule has 4 rings (SSSR count). The number of hydrogen-bond acceptors (Lipinski definition) is 3. The summed E-state index contributed by atoms with van der Waals surface area (Å²) in [6.07, 6.45) is 0. The molecule has 0 aliphatic carbocycles. The second-order valence-electron chi connectivity index (χ2n) is 5.85. The number of benzene rings is 3. The third-order valence-corrected chi connectivity index (χ3v) is 5.01. The zero-order valence-electron chi connectivity index (χ0n) is 13.8. The molecule has 1 aromatic heterocycles. The van der Waals surface area contributed by atoms with Crippen LogP contribution in [0.5, 0.6) is 0 Å². The minimum atomic E-state index is -0.0713. The zero-order valence-corrected chi connectivity index (χ0v) is 15.9. The predicted molar refractivity (Wildman–Crippen MR) is 110 cm³/mol. The molecule has 1 heterocycles. The Labute approximate surface area is 164 Å². The van der Waals surface area contributed by atoms with Gasteiger partial charge in [0.15, 0.2) is 5.58 Å². The van der Waals surface area contributed by atoms with Gasteiger partial charge in [-0.3, -0.25) is 4.79 Å². The van der Waals surface area contributed by atoms with Crippen LogP contribution in [0.3, 0.4) is 0 Å². The second kappa shape index (κ2) is 7.29. The molecule has 0 unspecified atom stereocenters. The van der Waals surface area contributed by atoms with E-state index in [1.54, 1.807) is 0 Å². The molecule has 0 bridgehead atoms. The van der Waals surface area contributed by atoms with Gasteiger partial charge in [0.25, 0.3) is 5.91 Å². The van der Waals surface area contributed by atoms with Crippen molar-refractivity contribution in [2.45, 2.75) is 6.54 Å². The molecule has 0 aliphatic heterocycles. The topological polar surface area (TPSA) is 55.1 Å². The number of fused-ring (bicyclic) bond motifs is 1. The number of amides is 1. The number of aromatic nitrogens is 1. The lowest BCUT2D eigenvalue weighted by Gasteiger charge is -2.07. The molecule has 0 spiro atoms. The highest BCUT2D eigenvalue weighted by Gasteiger charge is 2.10. The van der Waals surface area contributed by atoms with E-state index in [0.29, 0.717) is 18.0 Å². The van der Waals surface area contributed by atoms with Gasteiger partial charge >= 0.3 is 0 Å². The van der Waals surface area contributed by atoms with Crippen molar-refractivity contribution in [1.29, 1.82) is 0 Å². The van der Waals surface area contributed by atoms with E-state index in [9.17, 15) is 4.79 Å². The molecular formula is C21H15IN2O2.